The van der Waals surface area contributed by atoms with Crippen LogP contribution in [0.2, 0.25) is 0 Å². The molecule has 80 valence electrons. The van der Waals surface area contributed by atoms with E-state index in [2.05, 4.69) is 10.4 Å². The number of ether oxygens (including phenoxy) is 1. The first kappa shape index (κ1) is 11.0. The summed E-state index contributed by atoms with van der Waals surface area (Å²) in [4.78, 5) is 0. The van der Waals surface area contributed by atoms with Gasteiger partial charge in [0.05, 0.1) is 18.5 Å². The van der Waals surface area contributed by atoms with E-state index in [0.717, 1.165) is 25.3 Å². The standard InChI is InChI=1S/C10H19N3O/c1-9(2)14-10-7-12-13(8-10)6-4-5-11-3/h7-9,11H,4-6H2,1-3H3. The molecule has 1 rings (SSSR count). The Morgan fingerprint density at radius 2 is 2.36 bits per heavy atom. The van der Waals surface area contributed by atoms with E-state index in [1.807, 2.05) is 31.8 Å². The number of hydrogen-bond donors (Lipinski definition) is 1. The molecule has 1 aromatic heterocycles. The first-order valence-corrected chi connectivity index (χ1v) is 5.06. The van der Waals surface area contributed by atoms with Crippen molar-refractivity contribution in [1.82, 2.24) is 15.1 Å². The fourth-order valence-electron chi connectivity index (χ4n) is 1.22. The Morgan fingerprint density at radius 1 is 1.57 bits per heavy atom. The van der Waals surface area contributed by atoms with Gasteiger partial charge in [0.15, 0.2) is 5.75 Å². The number of aromatic nitrogens is 2. The molecular formula is C10H19N3O. The lowest BCUT2D eigenvalue weighted by molar-refractivity contribution is 0.242. The van der Waals surface area contributed by atoms with Crippen molar-refractivity contribution < 1.29 is 4.74 Å². The van der Waals surface area contributed by atoms with Gasteiger partial charge in [-0.15, -0.1) is 0 Å². The number of aryl methyl sites for hydroxylation is 1. The van der Waals surface area contributed by atoms with Gasteiger partial charge in [0.2, 0.25) is 0 Å². The molecule has 0 spiro atoms. The van der Waals surface area contributed by atoms with Gasteiger partial charge in [-0.05, 0) is 33.9 Å². The van der Waals surface area contributed by atoms with E-state index in [4.69, 9.17) is 4.74 Å². The fourth-order valence-corrected chi connectivity index (χ4v) is 1.22. The Hall–Kier alpha value is -1.03. The van der Waals surface area contributed by atoms with Crippen LogP contribution in [0.5, 0.6) is 5.75 Å². The Labute approximate surface area is 85.3 Å². The summed E-state index contributed by atoms with van der Waals surface area (Å²) in [5.41, 5.74) is 0. The zero-order valence-electron chi connectivity index (χ0n) is 9.16. The fraction of sp³-hybridized carbons (Fsp3) is 0.700. The summed E-state index contributed by atoms with van der Waals surface area (Å²) < 4.78 is 7.41. The van der Waals surface area contributed by atoms with Gasteiger partial charge in [0, 0.05) is 6.54 Å². The molecule has 0 aliphatic heterocycles. The Kier molecular flexibility index (Phi) is 4.46. The van der Waals surface area contributed by atoms with Crippen molar-refractivity contribution >= 4 is 0 Å². The molecule has 0 bridgehead atoms. The minimum Gasteiger partial charge on any atom is -0.488 e. The molecule has 1 aromatic rings. The molecule has 4 heteroatoms. The van der Waals surface area contributed by atoms with E-state index in [9.17, 15) is 0 Å². The molecule has 0 saturated carbocycles. The van der Waals surface area contributed by atoms with Crippen LogP contribution >= 0.6 is 0 Å². The van der Waals surface area contributed by atoms with Crippen molar-refractivity contribution in [2.24, 2.45) is 0 Å². The maximum Gasteiger partial charge on any atom is 0.157 e. The molecule has 0 aromatic carbocycles. The highest BCUT2D eigenvalue weighted by Gasteiger charge is 2.00. The predicted octanol–water partition coefficient (Wildman–Crippen LogP) is 1.28. The molecule has 0 aliphatic carbocycles. The lowest BCUT2D eigenvalue weighted by Gasteiger charge is -2.05. The maximum absolute atomic E-state index is 5.50. The van der Waals surface area contributed by atoms with E-state index in [1.54, 1.807) is 6.20 Å². The molecule has 0 aliphatic rings. The average Bonchev–Trinajstić information content (AvgIpc) is 2.52. The molecule has 14 heavy (non-hydrogen) atoms. The summed E-state index contributed by atoms with van der Waals surface area (Å²) in [7, 11) is 1.95. The zero-order chi connectivity index (χ0) is 10.4. The third-order valence-corrected chi connectivity index (χ3v) is 1.80. The second-order valence-corrected chi connectivity index (χ2v) is 3.56. The molecule has 0 atom stereocenters. The molecule has 0 saturated heterocycles. The topological polar surface area (TPSA) is 39.1 Å². The van der Waals surface area contributed by atoms with Gasteiger partial charge in [-0.25, -0.2) is 0 Å². The normalized spacial score (nSPS) is 10.9. The van der Waals surface area contributed by atoms with Crippen molar-refractivity contribution in [3.63, 3.8) is 0 Å². The van der Waals surface area contributed by atoms with E-state index in [0.29, 0.717) is 0 Å². The second-order valence-electron chi connectivity index (χ2n) is 3.56. The van der Waals surface area contributed by atoms with Gasteiger partial charge in [0.25, 0.3) is 0 Å². The zero-order valence-corrected chi connectivity index (χ0v) is 9.16. The van der Waals surface area contributed by atoms with Crippen LogP contribution in [-0.4, -0.2) is 29.5 Å². The van der Waals surface area contributed by atoms with Crippen LogP contribution < -0.4 is 10.1 Å². The minimum absolute atomic E-state index is 0.213. The number of hydrogen-bond acceptors (Lipinski definition) is 3. The Bertz CT molecular complexity index is 258. The highest BCUT2D eigenvalue weighted by atomic mass is 16.5. The summed E-state index contributed by atoms with van der Waals surface area (Å²) in [5.74, 6) is 0.851. The first-order valence-electron chi connectivity index (χ1n) is 5.06. The van der Waals surface area contributed by atoms with Crippen LogP contribution in [0.15, 0.2) is 12.4 Å². The SMILES string of the molecule is CNCCCn1cc(OC(C)C)cn1. The average molecular weight is 197 g/mol. The molecule has 1 heterocycles. The summed E-state index contributed by atoms with van der Waals surface area (Å²) in [6.45, 7) is 5.97. The van der Waals surface area contributed by atoms with Gasteiger partial charge in [-0.2, -0.15) is 5.10 Å². The van der Waals surface area contributed by atoms with Crippen LogP contribution in [-0.2, 0) is 6.54 Å². The molecule has 0 amide bonds. The van der Waals surface area contributed by atoms with E-state index >= 15 is 0 Å². The highest BCUT2D eigenvalue weighted by Crippen LogP contribution is 2.10. The van der Waals surface area contributed by atoms with Gasteiger partial charge in [0.1, 0.15) is 0 Å². The molecule has 0 fully saturated rings. The van der Waals surface area contributed by atoms with Crippen LogP contribution in [0.4, 0.5) is 0 Å². The summed E-state index contributed by atoms with van der Waals surface area (Å²) in [6.07, 6.45) is 5.00. The first-order chi connectivity index (χ1) is 6.72. The largest absolute Gasteiger partial charge is 0.488 e. The Balaban J connectivity index is 2.35. The van der Waals surface area contributed by atoms with Gasteiger partial charge in [-0.3, -0.25) is 4.68 Å². The van der Waals surface area contributed by atoms with Crippen LogP contribution in [0.3, 0.4) is 0 Å². The lowest BCUT2D eigenvalue weighted by atomic mass is 10.4. The van der Waals surface area contributed by atoms with Crippen LogP contribution in [0.1, 0.15) is 20.3 Å². The number of nitrogens with zero attached hydrogens (tertiary/aromatic N) is 2. The summed E-state index contributed by atoms with van der Waals surface area (Å²) >= 11 is 0. The predicted molar refractivity (Wildman–Crippen MR) is 56.5 cm³/mol. The van der Waals surface area contributed by atoms with E-state index < -0.39 is 0 Å². The third kappa shape index (κ3) is 3.79. The second kappa shape index (κ2) is 5.65. The lowest BCUT2D eigenvalue weighted by Crippen LogP contribution is -2.11. The minimum atomic E-state index is 0.213. The summed E-state index contributed by atoms with van der Waals surface area (Å²) in [5, 5.41) is 7.31. The van der Waals surface area contributed by atoms with Crippen LogP contribution in [0, 0.1) is 0 Å². The molecule has 0 radical (unpaired) electrons. The van der Waals surface area contributed by atoms with Gasteiger partial charge in [-0.1, -0.05) is 0 Å². The van der Waals surface area contributed by atoms with Crippen molar-refractivity contribution in [2.75, 3.05) is 13.6 Å². The van der Waals surface area contributed by atoms with Crippen molar-refractivity contribution in [1.29, 1.82) is 0 Å². The maximum atomic E-state index is 5.50. The molecule has 4 nitrogen and oxygen atoms in total. The molecule has 0 unspecified atom stereocenters. The van der Waals surface area contributed by atoms with E-state index in [-0.39, 0.29) is 6.10 Å². The van der Waals surface area contributed by atoms with E-state index in [1.165, 1.54) is 0 Å². The Morgan fingerprint density at radius 3 is 3.00 bits per heavy atom. The number of rotatable bonds is 6. The smallest absolute Gasteiger partial charge is 0.157 e. The van der Waals surface area contributed by atoms with Gasteiger partial charge >= 0.3 is 0 Å². The summed E-state index contributed by atoms with van der Waals surface area (Å²) in [6, 6.07) is 0. The quantitative estimate of drug-likeness (QED) is 0.698. The third-order valence-electron chi connectivity index (χ3n) is 1.80. The van der Waals surface area contributed by atoms with Crippen molar-refractivity contribution in [2.45, 2.75) is 32.9 Å². The highest BCUT2D eigenvalue weighted by molar-refractivity contribution is 5.11. The van der Waals surface area contributed by atoms with Gasteiger partial charge < -0.3 is 10.1 Å². The monoisotopic (exact) mass is 197 g/mol. The molecular weight excluding hydrogens is 178 g/mol. The van der Waals surface area contributed by atoms with Crippen LogP contribution in [0.25, 0.3) is 0 Å². The van der Waals surface area contributed by atoms with Crippen molar-refractivity contribution in [3.8, 4) is 5.75 Å². The van der Waals surface area contributed by atoms with Crippen molar-refractivity contribution in [3.05, 3.63) is 12.4 Å². The molecule has 1 N–H and O–H groups in total. The number of nitrogens with one attached hydrogen (secondary N) is 1.